The van der Waals surface area contributed by atoms with E-state index in [1.807, 2.05) is 19.0 Å². The molecule has 2 heterocycles. The molecular weight excluding hydrogens is 519 g/mol. The zero-order valence-corrected chi connectivity index (χ0v) is 22.9. The van der Waals surface area contributed by atoms with Crippen LogP contribution in [0, 0.1) is 18.7 Å². The number of ether oxygens (including phenoxy) is 1. The first-order valence-electron chi connectivity index (χ1n) is 12.3. The fraction of sp³-hybridized carbons (Fsp3) is 0.500. The fourth-order valence-corrected chi connectivity index (χ4v) is 5.58. The van der Waals surface area contributed by atoms with Crippen LogP contribution in [0.5, 0.6) is 0 Å². The SMILES string of the molecule is C=C(/C(=N\c1ncnc(N[C@H](C)c2cccc(C(F)F)c2F)c1C)OCCN(C)C)C1CCS(=O)(=O)CC1. The maximum absolute atomic E-state index is 14.7. The Labute approximate surface area is 222 Å². The maximum atomic E-state index is 14.7. The number of nitrogens with one attached hydrogen (secondary N) is 1. The molecule has 12 heteroatoms. The minimum atomic E-state index is -3.05. The highest BCUT2D eigenvalue weighted by atomic mass is 32.2. The van der Waals surface area contributed by atoms with Crippen LogP contribution in [0.3, 0.4) is 0 Å². The van der Waals surface area contributed by atoms with E-state index >= 15 is 0 Å². The first-order valence-corrected chi connectivity index (χ1v) is 14.1. The Bertz CT molecular complexity index is 1270. The topological polar surface area (TPSA) is 96.8 Å². The molecular formula is C26H34F3N5O3S. The van der Waals surface area contributed by atoms with Crippen molar-refractivity contribution in [2.75, 3.05) is 44.1 Å². The van der Waals surface area contributed by atoms with Gasteiger partial charge in [-0.2, -0.15) is 4.99 Å². The lowest BCUT2D eigenvalue weighted by atomic mass is 9.94. The van der Waals surface area contributed by atoms with Crippen LogP contribution in [0.1, 0.15) is 48.9 Å². The van der Waals surface area contributed by atoms with Crippen molar-refractivity contribution in [2.45, 2.75) is 39.2 Å². The number of nitrogens with zero attached hydrogens (tertiary/aromatic N) is 4. The van der Waals surface area contributed by atoms with Gasteiger partial charge >= 0.3 is 0 Å². The normalized spacial score (nSPS) is 17.0. The van der Waals surface area contributed by atoms with Gasteiger partial charge in [0.15, 0.2) is 5.82 Å². The van der Waals surface area contributed by atoms with E-state index in [0.29, 0.717) is 48.8 Å². The number of rotatable bonds is 10. The van der Waals surface area contributed by atoms with E-state index in [4.69, 9.17) is 4.74 Å². The number of anilines is 1. The van der Waals surface area contributed by atoms with Crippen molar-refractivity contribution < 1.29 is 26.3 Å². The van der Waals surface area contributed by atoms with Gasteiger partial charge in [-0.1, -0.05) is 24.8 Å². The highest BCUT2D eigenvalue weighted by Gasteiger charge is 2.28. The van der Waals surface area contributed by atoms with Crippen LogP contribution in [0.15, 0.2) is 41.7 Å². The Morgan fingerprint density at radius 2 is 1.89 bits per heavy atom. The molecule has 1 aliphatic heterocycles. The summed E-state index contributed by atoms with van der Waals surface area (Å²) in [5, 5.41) is 3.06. The van der Waals surface area contributed by atoms with E-state index in [1.54, 1.807) is 13.8 Å². The van der Waals surface area contributed by atoms with Gasteiger partial charge in [-0.05, 0) is 46.7 Å². The lowest BCUT2D eigenvalue weighted by Crippen LogP contribution is -2.28. The van der Waals surface area contributed by atoms with Gasteiger partial charge in [-0.25, -0.2) is 31.6 Å². The Morgan fingerprint density at radius 3 is 2.53 bits per heavy atom. The molecule has 1 N–H and O–H groups in total. The smallest absolute Gasteiger partial charge is 0.266 e. The van der Waals surface area contributed by atoms with Gasteiger partial charge in [-0.15, -0.1) is 0 Å². The molecule has 2 aromatic rings. The predicted molar refractivity (Wildman–Crippen MR) is 142 cm³/mol. The number of aliphatic imine (C=N–C) groups is 1. The second kappa shape index (κ2) is 12.7. The van der Waals surface area contributed by atoms with Gasteiger partial charge in [0.2, 0.25) is 5.90 Å². The maximum Gasteiger partial charge on any atom is 0.266 e. The van der Waals surface area contributed by atoms with Crippen molar-refractivity contribution in [1.82, 2.24) is 14.9 Å². The second-order valence-electron chi connectivity index (χ2n) is 9.61. The molecule has 1 atom stereocenters. The van der Waals surface area contributed by atoms with Crippen molar-refractivity contribution in [1.29, 1.82) is 0 Å². The summed E-state index contributed by atoms with van der Waals surface area (Å²) in [7, 11) is 0.777. The third-order valence-corrected chi connectivity index (χ3v) is 8.19. The number of hydrogen-bond acceptors (Lipinski definition) is 8. The number of hydrogen-bond donors (Lipinski definition) is 1. The highest BCUT2D eigenvalue weighted by Crippen LogP contribution is 2.31. The average molecular weight is 554 g/mol. The molecule has 0 aliphatic carbocycles. The van der Waals surface area contributed by atoms with Crippen molar-refractivity contribution in [3.63, 3.8) is 0 Å². The lowest BCUT2D eigenvalue weighted by molar-refractivity contribution is 0.146. The Morgan fingerprint density at radius 1 is 1.24 bits per heavy atom. The zero-order chi connectivity index (χ0) is 28.0. The van der Waals surface area contributed by atoms with Crippen LogP contribution in [-0.4, -0.2) is 67.9 Å². The van der Waals surface area contributed by atoms with E-state index < -0.39 is 33.7 Å². The quantitative estimate of drug-likeness (QED) is 0.326. The van der Waals surface area contributed by atoms with Crippen LogP contribution in [0.4, 0.5) is 24.8 Å². The van der Waals surface area contributed by atoms with Crippen molar-refractivity contribution in [3.05, 3.63) is 59.2 Å². The molecule has 0 radical (unpaired) electrons. The van der Waals surface area contributed by atoms with Gasteiger partial charge in [0, 0.05) is 23.2 Å². The third-order valence-electron chi connectivity index (χ3n) is 6.48. The summed E-state index contributed by atoms with van der Waals surface area (Å²) in [6, 6.07) is 3.22. The summed E-state index contributed by atoms with van der Waals surface area (Å²) in [4.78, 5) is 15.1. The Kier molecular flexibility index (Phi) is 9.88. The molecule has 8 nitrogen and oxygen atoms in total. The lowest BCUT2D eigenvalue weighted by Gasteiger charge is -2.25. The molecule has 0 saturated carbocycles. The van der Waals surface area contributed by atoms with E-state index in [1.165, 1.54) is 18.5 Å². The van der Waals surface area contributed by atoms with Gasteiger partial charge in [0.1, 0.15) is 34.4 Å². The molecule has 1 fully saturated rings. The van der Waals surface area contributed by atoms with Crippen LogP contribution in [-0.2, 0) is 14.6 Å². The monoisotopic (exact) mass is 553 g/mol. The molecule has 1 aliphatic rings. The number of halogens is 3. The van der Waals surface area contributed by atoms with Crippen molar-refractivity contribution in [3.8, 4) is 0 Å². The molecule has 1 aromatic carbocycles. The minimum Gasteiger partial charge on any atom is -0.476 e. The number of sulfone groups is 1. The fourth-order valence-electron chi connectivity index (χ4n) is 4.08. The molecule has 3 rings (SSSR count). The summed E-state index contributed by atoms with van der Waals surface area (Å²) in [6.07, 6.45) is -0.756. The summed E-state index contributed by atoms with van der Waals surface area (Å²) >= 11 is 0. The van der Waals surface area contributed by atoms with Crippen LogP contribution in [0.2, 0.25) is 0 Å². The van der Waals surface area contributed by atoms with E-state index in [9.17, 15) is 21.6 Å². The van der Waals surface area contributed by atoms with Gasteiger partial charge < -0.3 is 15.0 Å². The number of likely N-dealkylation sites (N-methyl/N-ethyl adjacent to an activating group) is 1. The van der Waals surface area contributed by atoms with E-state index in [2.05, 4.69) is 26.9 Å². The van der Waals surface area contributed by atoms with Gasteiger partial charge in [-0.3, -0.25) is 0 Å². The number of benzene rings is 1. The van der Waals surface area contributed by atoms with E-state index in [0.717, 1.165) is 6.07 Å². The van der Waals surface area contributed by atoms with E-state index in [-0.39, 0.29) is 28.9 Å². The summed E-state index contributed by atoms with van der Waals surface area (Å²) in [5.41, 5.74) is 0.566. The predicted octanol–water partition coefficient (Wildman–Crippen LogP) is 5.02. The molecule has 38 heavy (non-hydrogen) atoms. The molecule has 1 aromatic heterocycles. The molecule has 0 unspecified atom stereocenters. The first-order chi connectivity index (χ1) is 17.9. The zero-order valence-electron chi connectivity index (χ0n) is 22.0. The molecule has 0 bridgehead atoms. The second-order valence-corrected chi connectivity index (χ2v) is 11.9. The van der Waals surface area contributed by atoms with Crippen LogP contribution in [0.25, 0.3) is 0 Å². The summed E-state index contributed by atoms with van der Waals surface area (Å²) in [5.74, 6) is 0.0347. The third kappa shape index (κ3) is 7.53. The summed E-state index contributed by atoms with van der Waals surface area (Å²) < 4.78 is 70.8. The highest BCUT2D eigenvalue weighted by molar-refractivity contribution is 7.91. The minimum absolute atomic E-state index is 0.0826. The first kappa shape index (κ1) is 29.6. The number of alkyl halides is 2. The Hall–Kier alpha value is -2.99. The van der Waals surface area contributed by atoms with Crippen molar-refractivity contribution in [2.24, 2.45) is 10.9 Å². The molecule has 1 saturated heterocycles. The van der Waals surface area contributed by atoms with Crippen molar-refractivity contribution >= 4 is 27.4 Å². The van der Waals surface area contributed by atoms with Crippen LogP contribution < -0.4 is 5.32 Å². The molecule has 0 amide bonds. The van der Waals surface area contributed by atoms with Gasteiger partial charge in [0.05, 0.1) is 23.1 Å². The van der Waals surface area contributed by atoms with Crippen LogP contribution >= 0.6 is 0 Å². The largest absolute Gasteiger partial charge is 0.476 e. The number of aromatic nitrogens is 2. The molecule has 0 spiro atoms. The summed E-state index contributed by atoms with van der Waals surface area (Å²) in [6.45, 7) is 8.50. The molecule has 208 valence electrons. The van der Waals surface area contributed by atoms with Gasteiger partial charge in [0.25, 0.3) is 6.43 Å². The standard InChI is InChI=1S/C26H34F3N5O3S/c1-16(19-9-13-38(35,36)14-10-19)26(37-12-11-34(4)5)33-25-17(2)24(30-15-31-25)32-18(3)20-7-6-8-21(22(20)27)23(28)29/h6-8,15,18-19,23H,1,9-14H2,2-5H3,(H,30,31,32)/b33-26+/t18-/m1/s1. The average Bonchev–Trinajstić information content (AvgIpc) is 2.85. The Balaban J connectivity index is 1.88.